The van der Waals surface area contributed by atoms with E-state index in [1.165, 1.54) is 12.1 Å². The number of hydrogen-bond donors (Lipinski definition) is 2. The van der Waals surface area contributed by atoms with Crippen LogP contribution in [0.1, 0.15) is 30.9 Å². The largest absolute Gasteiger partial charge is 0.400 e. The summed E-state index contributed by atoms with van der Waals surface area (Å²) in [5, 5.41) is 19.3. The van der Waals surface area contributed by atoms with Gasteiger partial charge in [-0.2, -0.15) is 5.26 Å². The number of piperazine rings is 1. The standard InChI is InChI=1S/C23H26FN5O.CH4O/c1-16-10-20-14-28(15-21(16)29(20)22-7-4-18(11-25)13-27-22)23(30)8-9-26-12-17-2-5-19(24)6-3-17;1-2/h2-7,13,16,20-21,26H,8-10,12,14-15H2,1H3;2H,1H3/t16-,20?,21?;/m1./s1. The van der Waals surface area contributed by atoms with Gasteiger partial charge in [0.25, 0.3) is 0 Å². The van der Waals surface area contributed by atoms with E-state index in [1.54, 1.807) is 24.4 Å². The van der Waals surface area contributed by atoms with E-state index in [2.05, 4.69) is 28.2 Å². The lowest BCUT2D eigenvalue weighted by Crippen LogP contribution is -2.56. The van der Waals surface area contributed by atoms with E-state index in [1.807, 2.05) is 11.0 Å². The lowest BCUT2D eigenvalue weighted by molar-refractivity contribution is -0.132. The van der Waals surface area contributed by atoms with Gasteiger partial charge in [-0.15, -0.1) is 0 Å². The second kappa shape index (κ2) is 11.0. The highest BCUT2D eigenvalue weighted by Crippen LogP contribution is 2.37. The van der Waals surface area contributed by atoms with E-state index in [0.29, 0.717) is 44.1 Å². The molecule has 32 heavy (non-hydrogen) atoms. The summed E-state index contributed by atoms with van der Waals surface area (Å²) in [6.45, 7) is 4.86. The van der Waals surface area contributed by atoms with Crippen LogP contribution < -0.4 is 10.2 Å². The Bertz CT molecular complexity index is 929. The Labute approximate surface area is 188 Å². The summed E-state index contributed by atoms with van der Waals surface area (Å²) in [5.41, 5.74) is 1.56. The summed E-state index contributed by atoms with van der Waals surface area (Å²) < 4.78 is 13.0. The summed E-state index contributed by atoms with van der Waals surface area (Å²) >= 11 is 0. The molecule has 1 aromatic carbocycles. The number of pyridine rings is 1. The van der Waals surface area contributed by atoms with Crippen LogP contribution in [-0.4, -0.2) is 59.7 Å². The molecule has 2 aromatic rings. The second-order valence-corrected chi connectivity index (χ2v) is 8.21. The molecular weight excluding hydrogens is 409 g/mol. The Morgan fingerprint density at radius 3 is 2.62 bits per heavy atom. The third-order valence-corrected chi connectivity index (χ3v) is 6.14. The van der Waals surface area contributed by atoms with Gasteiger partial charge in [-0.05, 0) is 42.2 Å². The molecule has 3 atom stereocenters. The molecule has 0 saturated carbocycles. The van der Waals surface area contributed by atoms with Crippen LogP contribution in [0, 0.1) is 23.1 Å². The summed E-state index contributed by atoms with van der Waals surface area (Å²) in [4.78, 5) is 21.6. The Kier molecular flexibility index (Phi) is 8.14. The fourth-order valence-corrected chi connectivity index (χ4v) is 4.58. The van der Waals surface area contributed by atoms with Gasteiger partial charge in [0.05, 0.1) is 11.6 Å². The van der Waals surface area contributed by atoms with Crippen molar-refractivity contribution in [1.82, 2.24) is 15.2 Å². The first-order valence-corrected chi connectivity index (χ1v) is 10.9. The minimum atomic E-state index is -0.242. The molecule has 170 valence electrons. The Hall–Kier alpha value is -3.02. The summed E-state index contributed by atoms with van der Waals surface area (Å²) in [6.07, 6.45) is 3.10. The van der Waals surface area contributed by atoms with Gasteiger partial charge in [0, 0.05) is 51.9 Å². The molecule has 2 bridgehead atoms. The van der Waals surface area contributed by atoms with Gasteiger partial charge in [-0.25, -0.2) is 9.37 Å². The van der Waals surface area contributed by atoms with Crippen LogP contribution in [-0.2, 0) is 11.3 Å². The van der Waals surface area contributed by atoms with Gasteiger partial charge < -0.3 is 20.2 Å². The number of rotatable bonds is 6. The number of amides is 1. The summed E-state index contributed by atoms with van der Waals surface area (Å²) in [6, 6.07) is 12.7. The highest BCUT2D eigenvalue weighted by molar-refractivity contribution is 5.77. The number of aromatic nitrogens is 1. The number of benzene rings is 1. The van der Waals surface area contributed by atoms with E-state index in [9.17, 15) is 9.18 Å². The van der Waals surface area contributed by atoms with E-state index in [0.717, 1.165) is 24.9 Å². The maximum absolute atomic E-state index is 13.0. The van der Waals surface area contributed by atoms with Crippen LogP contribution in [0.3, 0.4) is 0 Å². The van der Waals surface area contributed by atoms with Gasteiger partial charge >= 0.3 is 0 Å². The average Bonchev–Trinajstić information content (AvgIpc) is 3.02. The normalized spacial score (nSPS) is 21.5. The molecule has 0 aliphatic carbocycles. The second-order valence-electron chi connectivity index (χ2n) is 8.21. The number of aliphatic hydroxyl groups excluding tert-OH is 1. The Balaban J connectivity index is 0.00000141. The van der Waals surface area contributed by atoms with Crippen molar-refractivity contribution in [2.45, 2.75) is 38.4 Å². The number of likely N-dealkylation sites (tertiary alicyclic amines) is 1. The third-order valence-electron chi connectivity index (χ3n) is 6.14. The first-order chi connectivity index (χ1) is 15.5. The monoisotopic (exact) mass is 439 g/mol. The minimum Gasteiger partial charge on any atom is -0.400 e. The summed E-state index contributed by atoms with van der Waals surface area (Å²) in [5.74, 6) is 1.30. The van der Waals surface area contributed by atoms with Crippen LogP contribution in [0.25, 0.3) is 0 Å². The molecule has 2 unspecified atom stereocenters. The van der Waals surface area contributed by atoms with Crippen molar-refractivity contribution in [3.05, 3.63) is 59.5 Å². The minimum absolute atomic E-state index is 0.165. The molecule has 7 nitrogen and oxygen atoms in total. The number of carbonyl (C=O) groups excluding carboxylic acids is 1. The first-order valence-electron chi connectivity index (χ1n) is 10.9. The number of hydrogen-bond acceptors (Lipinski definition) is 6. The molecule has 2 aliphatic rings. The van der Waals surface area contributed by atoms with Gasteiger partial charge in [0.15, 0.2) is 0 Å². The molecule has 2 fully saturated rings. The molecule has 0 radical (unpaired) electrons. The molecule has 2 N–H and O–H groups in total. The zero-order chi connectivity index (χ0) is 23.1. The van der Waals surface area contributed by atoms with Gasteiger partial charge in [-0.1, -0.05) is 19.1 Å². The van der Waals surface area contributed by atoms with Crippen molar-refractivity contribution in [2.24, 2.45) is 5.92 Å². The number of nitrogens with one attached hydrogen (secondary N) is 1. The number of aliphatic hydroxyl groups is 1. The van der Waals surface area contributed by atoms with Crippen molar-refractivity contribution in [1.29, 1.82) is 5.26 Å². The van der Waals surface area contributed by atoms with E-state index in [-0.39, 0.29) is 23.8 Å². The van der Waals surface area contributed by atoms with Crippen LogP contribution in [0.5, 0.6) is 0 Å². The van der Waals surface area contributed by atoms with Crippen LogP contribution in [0.4, 0.5) is 10.2 Å². The highest BCUT2D eigenvalue weighted by Gasteiger charge is 2.45. The van der Waals surface area contributed by atoms with E-state index in [4.69, 9.17) is 10.4 Å². The predicted octanol–water partition coefficient (Wildman–Crippen LogP) is 2.31. The maximum Gasteiger partial charge on any atom is 0.223 e. The topological polar surface area (TPSA) is 92.5 Å². The van der Waals surface area contributed by atoms with Crippen LogP contribution >= 0.6 is 0 Å². The Morgan fingerprint density at radius 2 is 2.00 bits per heavy atom. The number of nitriles is 1. The number of fused-ring (bicyclic) bond motifs is 2. The van der Waals surface area contributed by atoms with Gasteiger partial charge in [0.2, 0.25) is 5.91 Å². The third kappa shape index (κ3) is 5.42. The molecule has 8 heteroatoms. The van der Waals surface area contributed by atoms with Crippen LogP contribution in [0.2, 0.25) is 0 Å². The highest BCUT2D eigenvalue weighted by atomic mass is 19.1. The number of carbonyl (C=O) groups is 1. The maximum atomic E-state index is 13.0. The molecule has 0 spiro atoms. The van der Waals surface area contributed by atoms with Crippen molar-refractivity contribution in [2.75, 3.05) is 31.6 Å². The van der Waals surface area contributed by atoms with E-state index < -0.39 is 0 Å². The predicted molar refractivity (Wildman–Crippen MR) is 120 cm³/mol. The van der Waals surface area contributed by atoms with Gasteiger partial charge in [0.1, 0.15) is 17.7 Å². The number of anilines is 1. The molecule has 2 aliphatic heterocycles. The molecule has 1 amide bonds. The average molecular weight is 440 g/mol. The smallest absolute Gasteiger partial charge is 0.223 e. The van der Waals surface area contributed by atoms with Crippen LogP contribution in [0.15, 0.2) is 42.6 Å². The molecule has 4 rings (SSSR count). The Morgan fingerprint density at radius 1 is 1.25 bits per heavy atom. The number of halogens is 1. The lowest BCUT2D eigenvalue weighted by Gasteiger charge is -2.42. The molecular formula is C24H30FN5O2. The van der Waals surface area contributed by atoms with Crippen molar-refractivity contribution >= 4 is 11.7 Å². The zero-order valence-corrected chi connectivity index (χ0v) is 18.5. The zero-order valence-electron chi connectivity index (χ0n) is 18.5. The quantitative estimate of drug-likeness (QED) is 0.671. The lowest BCUT2D eigenvalue weighted by atomic mass is 10.0. The van der Waals surface area contributed by atoms with E-state index >= 15 is 0 Å². The first kappa shape index (κ1) is 23.6. The molecule has 3 heterocycles. The van der Waals surface area contributed by atoms with Crippen molar-refractivity contribution in [3.63, 3.8) is 0 Å². The fraction of sp³-hybridized carbons (Fsp3) is 0.458. The fourth-order valence-electron chi connectivity index (χ4n) is 4.58. The molecule has 2 saturated heterocycles. The molecule has 1 aromatic heterocycles. The SMILES string of the molecule is CO.C[C@@H]1CC2CN(C(=O)CCNCc3ccc(F)cc3)CC1N2c1ccc(C#N)cn1. The van der Waals surface area contributed by atoms with Crippen molar-refractivity contribution in [3.8, 4) is 6.07 Å². The van der Waals surface area contributed by atoms with Gasteiger partial charge in [-0.3, -0.25) is 4.79 Å². The summed E-state index contributed by atoms with van der Waals surface area (Å²) in [7, 11) is 1.00. The van der Waals surface area contributed by atoms with Crippen molar-refractivity contribution < 1.29 is 14.3 Å². The number of nitrogens with zero attached hydrogens (tertiary/aromatic N) is 4.